The Kier molecular flexibility index (Phi) is 8.59. The Morgan fingerprint density at radius 2 is 1.31 bits per heavy atom. The van der Waals surface area contributed by atoms with Crippen LogP contribution >= 0.6 is 0 Å². The number of amides is 3. The first-order valence-corrected chi connectivity index (χ1v) is 10.4. The highest BCUT2D eigenvalue weighted by molar-refractivity contribution is 6.11. The van der Waals surface area contributed by atoms with Crippen LogP contribution in [-0.4, -0.2) is 60.1 Å². The largest absolute Gasteiger partial charge is 0.369 e. The summed E-state index contributed by atoms with van der Waals surface area (Å²) in [6.45, 7) is 3.30. The Labute approximate surface area is 207 Å². The Balaban J connectivity index is 2.58. The van der Waals surface area contributed by atoms with Gasteiger partial charge in [-0.2, -0.15) is 5.10 Å². The standard InChI is InChI=1S/C23H28N10O3/c1-11(29-22(25)26)13-5-14(12(2)31-32-23(27)28)10-18(9-13)30-20(35)16-6-15(19(24)34)7-17(8-16)21(36)33(3)4/h5-10H,1-4H3,(H2,24,34)(H3,25,26)(H,30,35)(H4,27,28,32)/b29-11+,31-12+. The summed E-state index contributed by atoms with van der Waals surface area (Å²) in [5.74, 6) is -2.42. The lowest BCUT2D eigenvalue weighted by Crippen LogP contribution is -2.24. The molecule has 0 bridgehead atoms. The fourth-order valence-electron chi connectivity index (χ4n) is 3.04. The summed E-state index contributed by atoms with van der Waals surface area (Å²) in [4.78, 5) is 42.6. The van der Waals surface area contributed by atoms with Gasteiger partial charge in [0.05, 0.1) is 5.71 Å². The maximum atomic E-state index is 13.1. The van der Waals surface area contributed by atoms with Gasteiger partial charge in [0, 0.05) is 47.7 Å². The number of nitrogens with two attached hydrogens (primary N) is 4. The van der Waals surface area contributed by atoms with Gasteiger partial charge < -0.3 is 33.2 Å². The van der Waals surface area contributed by atoms with Crippen LogP contribution in [0.3, 0.4) is 0 Å². The number of nitrogens with zero attached hydrogens (tertiary/aromatic N) is 4. The molecule has 10 N–H and O–H groups in total. The molecule has 0 fully saturated rings. The average molecular weight is 493 g/mol. The van der Waals surface area contributed by atoms with Crippen molar-refractivity contribution in [3.05, 3.63) is 64.2 Å². The summed E-state index contributed by atoms with van der Waals surface area (Å²) in [6, 6.07) is 8.92. The molecule has 0 heterocycles. The van der Waals surface area contributed by atoms with Crippen LogP contribution in [0.2, 0.25) is 0 Å². The van der Waals surface area contributed by atoms with Crippen molar-refractivity contribution in [2.24, 2.45) is 38.1 Å². The van der Waals surface area contributed by atoms with Gasteiger partial charge in [0.25, 0.3) is 11.8 Å². The second kappa shape index (κ2) is 11.4. The van der Waals surface area contributed by atoms with Gasteiger partial charge in [0.1, 0.15) is 0 Å². The van der Waals surface area contributed by atoms with E-state index in [0.717, 1.165) is 0 Å². The number of anilines is 1. The molecular formula is C23H28N10O3. The molecule has 0 saturated carbocycles. The van der Waals surface area contributed by atoms with E-state index in [0.29, 0.717) is 28.2 Å². The van der Waals surface area contributed by atoms with Crippen molar-refractivity contribution < 1.29 is 14.4 Å². The Bertz CT molecular complexity index is 1320. The maximum Gasteiger partial charge on any atom is 0.255 e. The van der Waals surface area contributed by atoms with Crippen molar-refractivity contribution in [1.82, 2.24) is 4.90 Å². The van der Waals surface area contributed by atoms with Gasteiger partial charge in [-0.25, -0.2) is 4.99 Å². The lowest BCUT2D eigenvalue weighted by molar-refractivity contribution is 0.0827. The van der Waals surface area contributed by atoms with Crippen molar-refractivity contribution in [2.45, 2.75) is 13.8 Å². The van der Waals surface area contributed by atoms with Crippen molar-refractivity contribution in [2.75, 3.05) is 19.4 Å². The number of hydrogen-bond donors (Lipinski definition) is 6. The third kappa shape index (κ3) is 7.21. The zero-order chi connectivity index (χ0) is 27.2. The molecule has 0 aromatic heterocycles. The van der Waals surface area contributed by atoms with Gasteiger partial charge in [-0.15, -0.1) is 5.10 Å². The highest BCUT2D eigenvalue weighted by Gasteiger charge is 2.17. The monoisotopic (exact) mass is 492 g/mol. The number of hydrogen-bond acceptors (Lipinski definition) is 6. The second-order valence-electron chi connectivity index (χ2n) is 7.91. The van der Waals surface area contributed by atoms with Crippen molar-refractivity contribution >= 4 is 46.8 Å². The number of primary amides is 1. The van der Waals surface area contributed by atoms with E-state index in [1.165, 1.54) is 23.1 Å². The number of aliphatic imine (C=N–C) groups is 1. The van der Waals surface area contributed by atoms with E-state index in [-0.39, 0.29) is 22.6 Å². The Hall–Kier alpha value is -5.07. The molecule has 0 radical (unpaired) electrons. The fraction of sp³-hybridized carbons (Fsp3) is 0.174. The third-order valence-corrected chi connectivity index (χ3v) is 4.76. The highest BCUT2D eigenvalue weighted by atomic mass is 16.2. The number of carbonyl (C=O) groups is 3. The minimum atomic E-state index is -0.788. The molecule has 188 valence electrons. The highest BCUT2D eigenvalue weighted by Crippen LogP contribution is 2.20. The number of nitrogens with one attached hydrogen (secondary N) is 2. The van der Waals surface area contributed by atoms with E-state index >= 15 is 0 Å². The minimum Gasteiger partial charge on any atom is -0.369 e. The van der Waals surface area contributed by atoms with E-state index in [4.69, 9.17) is 28.3 Å². The summed E-state index contributed by atoms with van der Waals surface area (Å²) in [5, 5.41) is 17.8. The zero-order valence-electron chi connectivity index (χ0n) is 20.3. The Morgan fingerprint density at radius 1 is 0.778 bits per heavy atom. The molecule has 36 heavy (non-hydrogen) atoms. The number of guanidine groups is 2. The summed E-state index contributed by atoms with van der Waals surface area (Å²) in [5.41, 5.74) is 23.9. The predicted octanol–water partition coefficient (Wildman–Crippen LogP) is 0.439. The lowest BCUT2D eigenvalue weighted by atomic mass is 10.0. The summed E-state index contributed by atoms with van der Waals surface area (Å²) in [7, 11) is 3.09. The van der Waals surface area contributed by atoms with Crippen LogP contribution in [0.25, 0.3) is 0 Å². The average Bonchev–Trinajstić information content (AvgIpc) is 2.80. The third-order valence-electron chi connectivity index (χ3n) is 4.76. The lowest BCUT2D eigenvalue weighted by Gasteiger charge is -2.14. The smallest absolute Gasteiger partial charge is 0.255 e. The topological polar surface area (TPSA) is 231 Å². The molecule has 0 spiro atoms. The van der Waals surface area contributed by atoms with Crippen molar-refractivity contribution in [3.8, 4) is 0 Å². The molecule has 2 aromatic carbocycles. The van der Waals surface area contributed by atoms with Gasteiger partial charge in [0.2, 0.25) is 17.8 Å². The minimum absolute atomic E-state index is 0.00642. The summed E-state index contributed by atoms with van der Waals surface area (Å²) in [6.07, 6.45) is 0. The van der Waals surface area contributed by atoms with Gasteiger partial charge in [-0.1, -0.05) is 0 Å². The van der Waals surface area contributed by atoms with E-state index in [1.807, 2.05) is 0 Å². The van der Waals surface area contributed by atoms with Crippen molar-refractivity contribution in [1.29, 1.82) is 5.41 Å². The van der Waals surface area contributed by atoms with Crippen LogP contribution in [0.5, 0.6) is 0 Å². The molecule has 2 rings (SSSR count). The number of benzene rings is 2. The molecule has 2 aromatic rings. The molecule has 0 aliphatic rings. The zero-order valence-corrected chi connectivity index (χ0v) is 20.3. The van der Waals surface area contributed by atoms with E-state index in [1.54, 1.807) is 46.1 Å². The number of rotatable bonds is 7. The van der Waals surface area contributed by atoms with E-state index in [2.05, 4.69) is 20.5 Å². The van der Waals surface area contributed by atoms with Gasteiger partial charge in [0.15, 0.2) is 0 Å². The van der Waals surface area contributed by atoms with Crippen LogP contribution < -0.4 is 28.3 Å². The number of carbonyl (C=O) groups excluding carboxylic acids is 3. The van der Waals surface area contributed by atoms with Gasteiger partial charge in [-0.3, -0.25) is 19.8 Å². The van der Waals surface area contributed by atoms with Gasteiger partial charge >= 0.3 is 0 Å². The molecule has 3 amide bonds. The summed E-state index contributed by atoms with van der Waals surface area (Å²) < 4.78 is 0. The molecule has 13 nitrogen and oxygen atoms in total. The molecular weight excluding hydrogens is 464 g/mol. The SMILES string of the molecule is C/C(=N\N=C(N)N)c1cc(NC(=O)c2cc(C(N)=O)cc(C(=O)N(C)C)c2)cc(/C(C)=N/C(=N)N)c1. The molecule has 0 unspecified atom stereocenters. The van der Waals surface area contributed by atoms with Crippen LogP contribution in [-0.2, 0) is 0 Å². The van der Waals surface area contributed by atoms with Crippen LogP contribution in [0.1, 0.15) is 56.0 Å². The van der Waals surface area contributed by atoms with Gasteiger partial charge in [-0.05, 0) is 55.8 Å². The van der Waals surface area contributed by atoms with Crippen LogP contribution in [0, 0.1) is 5.41 Å². The van der Waals surface area contributed by atoms with Crippen molar-refractivity contribution in [3.63, 3.8) is 0 Å². The first kappa shape index (κ1) is 27.2. The molecule has 0 aliphatic carbocycles. The normalized spacial score (nSPS) is 11.4. The maximum absolute atomic E-state index is 13.1. The molecule has 0 saturated heterocycles. The Morgan fingerprint density at radius 3 is 1.83 bits per heavy atom. The quantitative estimate of drug-likeness (QED) is 0.182. The first-order valence-electron chi connectivity index (χ1n) is 10.4. The summed E-state index contributed by atoms with van der Waals surface area (Å²) >= 11 is 0. The van der Waals surface area contributed by atoms with E-state index < -0.39 is 23.7 Å². The first-order chi connectivity index (χ1) is 16.8. The van der Waals surface area contributed by atoms with Crippen LogP contribution in [0.15, 0.2) is 51.6 Å². The molecule has 13 heteroatoms. The fourth-order valence-corrected chi connectivity index (χ4v) is 3.04. The molecule has 0 atom stereocenters. The predicted molar refractivity (Wildman–Crippen MR) is 140 cm³/mol. The molecule has 0 aliphatic heterocycles. The van der Waals surface area contributed by atoms with Crippen LogP contribution in [0.4, 0.5) is 5.69 Å². The van der Waals surface area contributed by atoms with E-state index in [9.17, 15) is 14.4 Å². The second-order valence-corrected chi connectivity index (χ2v) is 7.91.